The lowest BCUT2D eigenvalue weighted by molar-refractivity contribution is 0.375. The van der Waals surface area contributed by atoms with Crippen molar-refractivity contribution in [2.45, 2.75) is 31.6 Å². The van der Waals surface area contributed by atoms with Crippen LogP contribution in [0.4, 0.5) is 14.7 Å². The molecular formula is C16H16F2N2O. The Labute approximate surface area is 121 Å². The first-order chi connectivity index (χ1) is 10.1. The van der Waals surface area contributed by atoms with Gasteiger partial charge in [0.1, 0.15) is 11.6 Å². The fourth-order valence-corrected chi connectivity index (χ4v) is 4.14. The van der Waals surface area contributed by atoms with E-state index in [1.165, 1.54) is 31.4 Å². The first-order valence-corrected chi connectivity index (χ1v) is 7.33. The molecule has 5 heteroatoms. The topological polar surface area (TPSA) is 52.0 Å². The van der Waals surface area contributed by atoms with Gasteiger partial charge in [-0.25, -0.2) is 8.78 Å². The van der Waals surface area contributed by atoms with Crippen molar-refractivity contribution in [3.8, 4) is 11.1 Å². The zero-order valence-corrected chi connectivity index (χ0v) is 11.5. The summed E-state index contributed by atoms with van der Waals surface area (Å²) in [6.07, 6.45) is 4.76. The second-order valence-electron chi connectivity index (χ2n) is 6.25. The van der Waals surface area contributed by atoms with Gasteiger partial charge in [-0.2, -0.15) is 0 Å². The molecule has 2 aliphatic rings. The highest BCUT2D eigenvalue weighted by molar-refractivity contribution is 5.75. The quantitative estimate of drug-likeness (QED) is 0.905. The molecule has 2 saturated carbocycles. The van der Waals surface area contributed by atoms with Gasteiger partial charge in [-0.15, -0.1) is 0 Å². The van der Waals surface area contributed by atoms with Crippen LogP contribution in [0.3, 0.4) is 0 Å². The van der Waals surface area contributed by atoms with E-state index in [2.05, 4.69) is 5.16 Å². The van der Waals surface area contributed by atoms with E-state index in [0.717, 1.165) is 24.1 Å². The molecule has 1 heterocycles. The number of hydrogen-bond donors (Lipinski definition) is 1. The molecule has 0 spiro atoms. The molecule has 2 aliphatic carbocycles. The highest BCUT2D eigenvalue weighted by atomic mass is 19.1. The maximum absolute atomic E-state index is 13.5. The number of hydrogen-bond acceptors (Lipinski definition) is 3. The third-order valence-corrected chi connectivity index (χ3v) is 4.99. The van der Waals surface area contributed by atoms with Crippen LogP contribution in [0, 0.1) is 23.5 Å². The van der Waals surface area contributed by atoms with Crippen molar-refractivity contribution in [1.82, 2.24) is 5.16 Å². The maximum Gasteiger partial charge on any atom is 0.230 e. The average molecular weight is 290 g/mol. The molecule has 4 rings (SSSR count). The first-order valence-electron chi connectivity index (χ1n) is 7.33. The molecule has 2 N–H and O–H groups in total. The van der Waals surface area contributed by atoms with Gasteiger partial charge in [0.15, 0.2) is 0 Å². The Bertz CT molecular complexity index is 677. The Morgan fingerprint density at radius 2 is 1.86 bits per heavy atom. The highest BCUT2D eigenvalue weighted by Gasteiger charge is 2.43. The average Bonchev–Trinajstić information content (AvgIpc) is 3.11. The molecule has 21 heavy (non-hydrogen) atoms. The molecule has 0 saturated heterocycles. The van der Waals surface area contributed by atoms with Crippen molar-refractivity contribution in [3.05, 3.63) is 35.5 Å². The van der Waals surface area contributed by atoms with Crippen LogP contribution in [0.25, 0.3) is 11.1 Å². The molecule has 2 bridgehead atoms. The standard InChI is InChI=1S/C16H16F2N2O/c17-11-5-10(6-12(18)7-11)14-15(20-21-16(14)19)13-4-8-1-2-9(13)3-8/h5-9,13H,1-4,19H2. The summed E-state index contributed by atoms with van der Waals surface area (Å²) in [5.41, 5.74) is 7.60. The number of halogens is 2. The number of nitrogens with zero attached hydrogens (tertiary/aromatic N) is 1. The SMILES string of the molecule is Nc1onc(C2CC3CCC2C3)c1-c1cc(F)cc(F)c1. The highest BCUT2D eigenvalue weighted by Crippen LogP contribution is 2.54. The van der Waals surface area contributed by atoms with Gasteiger partial charge in [-0.05, 0) is 48.8 Å². The summed E-state index contributed by atoms with van der Waals surface area (Å²) < 4.78 is 32.1. The van der Waals surface area contributed by atoms with Crippen LogP contribution in [-0.2, 0) is 0 Å². The van der Waals surface area contributed by atoms with E-state index in [9.17, 15) is 8.78 Å². The number of benzene rings is 1. The van der Waals surface area contributed by atoms with Crippen molar-refractivity contribution in [1.29, 1.82) is 0 Å². The van der Waals surface area contributed by atoms with Crippen LogP contribution in [0.1, 0.15) is 37.3 Å². The summed E-state index contributed by atoms with van der Waals surface area (Å²) in [5, 5.41) is 4.11. The van der Waals surface area contributed by atoms with Gasteiger partial charge in [0.2, 0.25) is 5.88 Å². The van der Waals surface area contributed by atoms with Gasteiger partial charge in [0.05, 0.1) is 11.3 Å². The van der Waals surface area contributed by atoms with Crippen LogP contribution in [0.5, 0.6) is 0 Å². The van der Waals surface area contributed by atoms with Crippen LogP contribution in [0.2, 0.25) is 0 Å². The number of anilines is 1. The third-order valence-electron chi connectivity index (χ3n) is 4.99. The Balaban J connectivity index is 1.80. The third kappa shape index (κ3) is 2.03. The number of rotatable bonds is 2. The Kier molecular flexibility index (Phi) is 2.77. The molecule has 3 nitrogen and oxygen atoms in total. The molecule has 110 valence electrons. The normalized spacial score (nSPS) is 27.4. The number of nitrogen functional groups attached to an aromatic ring is 1. The van der Waals surface area contributed by atoms with Gasteiger partial charge in [0, 0.05) is 12.0 Å². The summed E-state index contributed by atoms with van der Waals surface area (Å²) in [7, 11) is 0. The fourth-order valence-electron chi connectivity index (χ4n) is 4.14. The first kappa shape index (κ1) is 12.8. The monoisotopic (exact) mass is 290 g/mol. The van der Waals surface area contributed by atoms with Crippen molar-refractivity contribution < 1.29 is 13.3 Å². The van der Waals surface area contributed by atoms with Crippen molar-refractivity contribution in [2.24, 2.45) is 11.8 Å². The Morgan fingerprint density at radius 3 is 2.48 bits per heavy atom. The second kappa shape index (κ2) is 4.55. The molecular weight excluding hydrogens is 274 g/mol. The lowest BCUT2D eigenvalue weighted by Crippen LogP contribution is -2.10. The van der Waals surface area contributed by atoms with E-state index in [4.69, 9.17) is 10.3 Å². The maximum atomic E-state index is 13.5. The minimum Gasteiger partial charge on any atom is -0.367 e. The fraction of sp³-hybridized carbons (Fsp3) is 0.438. The smallest absolute Gasteiger partial charge is 0.230 e. The molecule has 3 atom stereocenters. The van der Waals surface area contributed by atoms with E-state index in [1.54, 1.807) is 0 Å². The summed E-state index contributed by atoms with van der Waals surface area (Å²) in [6, 6.07) is 3.41. The van der Waals surface area contributed by atoms with Crippen molar-refractivity contribution in [2.75, 3.05) is 5.73 Å². The van der Waals surface area contributed by atoms with Gasteiger partial charge in [-0.1, -0.05) is 11.6 Å². The Morgan fingerprint density at radius 1 is 1.10 bits per heavy atom. The van der Waals surface area contributed by atoms with E-state index in [0.29, 0.717) is 23.0 Å². The van der Waals surface area contributed by atoms with Crippen molar-refractivity contribution >= 4 is 5.88 Å². The lowest BCUT2D eigenvalue weighted by Gasteiger charge is -2.20. The number of fused-ring (bicyclic) bond motifs is 2. The van der Waals surface area contributed by atoms with E-state index < -0.39 is 11.6 Å². The molecule has 2 aromatic rings. The Hall–Kier alpha value is -1.91. The second-order valence-corrected chi connectivity index (χ2v) is 6.25. The van der Waals surface area contributed by atoms with Crippen LogP contribution in [0.15, 0.2) is 22.7 Å². The minimum absolute atomic E-state index is 0.137. The van der Waals surface area contributed by atoms with Gasteiger partial charge < -0.3 is 10.3 Å². The van der Waals surface area contributed by atoms with Crippen LogP contribution in [-0.4, -0.2) is 5.16 Å². The molecule has 2 fully saturated rings. The summed E-state index contributed by atoms with van der Waals surface area (Å²) in [6.45, 7) is 0. The van der Waals surface area contributed by atoms with Crippen LogP contribution >= 0.6 is 0 Å². The van der Waals surface area contributed by atoms with E-state index in [-0.39, 0.29) is 5.88 Å². The van der Waals surface area contributed by atoms with Gasteiger partial charge >= 0.3 is 0 Å². The predicted octanol–water partition coefficient (Wildman–Crippen LogP) is 4.11. The zero-order valence-electron chi connectivity index (χ0n) is 11.5. The summed E-state index contributed by atoms with van der Waals surface area (Å²) in [5.74, 6) is 0.532. The molecule has 0 aliphatic heterocycles. The van der Waals surface area contributed by atoms with E-state index >= 15 is 0 Å². The molecule has 0 radical (unpaired) electrons. The molecule has 0 amide bonds. The molecule has 1 aromatic heterocycles. The summed E-state index contributed by atoms with van der Waals surface area (Å²) >= 11 is 0. The van der Waals surface area contributed by atoms with Gasteiger partial charge in [-0.3, -0.25) is 0 Å². The van der Waals surface area contributed by atoms with Crippen LogP contribution < -0.4 is 5.73 Å². The predicted molar refractivity (Wildman–Crippen MR) is 74.5 cm³/mol. The van der Waals surface area contributed by atoms with Crippen molar-refractivity contribution in [3.63, 3.8) is 0 Å². The summed E-state index contributed by atoms with van der Waals surface area (Å²) in [4.78, 5) is 0. The largest absolute Gasteiger partial charge is 0.367 e. The van der Waals surface area contributed by atoms with Gasteiger partial charge in [0.25, 0.3) is 0 Å². The number of aromatic nitrogens is 1. The minimum atomic E-state index is -0.621. The lowest BCUT2D eigenvalue weighted by atomic mass is 9.84. The molecule has 1 aromatic carbocycles. The molecule has 3 unspecified atom stereocenters. The number of nitrogens with two attached hydrogens (primary N) is 1. The zero-order chi connectivity index (χ0) is 14.6. The van der Waals surface area contributed by atoms with E-state index in [1.807, 2.05) is 0 Å².